The maximum Gasteiger partial charge on any atom is 0.347 e. The van der Waals surface area contributed by atoms with Crippen molar-refractivity contribution in [2.75, 3.05) is 0 Å². The fraction of sp³-hybridized carbons (Fsp3) is 0.0667. The number of aryl methyl sites for hydroxylation is 1. The number of hydrogen-bond donors (Lipinski definition) is 0. The molecule has 0 radical (unpaired) electrons. The highest BCUT2D eigenvalue weighted by molar-refractivity contribution is 9.10. The number of rotatable bonds is 2. The average molecular weight is 361 g/mol. The summed E-state index contributed by atoms with van der Waals surface area (Å²) in [7, 11) is 0. The summed E-state index contributed by atoms with van der Waals surface area (Å²) in [6.45, 7) is 1.62. The standard InChI is InChI=1S/C15H9BrN2O4/c1-8-6-9(2-5-13(8)18(20)21)14-17-12-4-3-10(16)7-11(12)15(19)22-14/h2-7H,1H3. The van der Waals surface area contributed by atoms with Gasteiger partial charge in [0.15, 0.2) is 0 Å². The van der Waals surface area contributed by atoms with Gasteiger partial charge in [-0.3, -0.25) is 10.1 Å². The Morgan fingerprint density at radius 3 is 2.68 bits per heavy atom. The van der Waals surface area contributed by atoms with Crippen LogP contribution in [0.1, 0.15) is 5.56 Å². The summed E-state index contributed by atoms with van der Waals surface area (Å²) in [5, 5.41) is 11.2. The number of halogens is 1. The van der Waals surface area contributed by atoms with Crippen molar-refractivity contribution in [3.63, 3.8) is 0 Å². The van der Waals surface area contributed by atoms with Gasteiger partial charge >= 0.3 is 5.63 Å². The van der Waals surface area contributed by atoms with Crippen LogP contribution in [0.2, 0.25) is 0 Å². The van der Waals surface area contributed by atoms with Crippen LogP contribution < -0.4 is 5.63 Å². The summed E-state index contributed by atoms with van der Waals surface area (Å²) in [5.41, 5.74) is 1.01. The molecule has 0 aliphatic heterocycles. The van der Waals surface area contributed by atoms with Gasteiger partial charge in [-0.2, -0.15) is 0 Å². The second kappa shape index (κ2) is 5.34. The molecule has 6 nitrogen and oxygen atoms in total. The normalized spacial score (nSPS) is 10.8. The maximum atomic E-state index is 12.0. The molecule has 0 aliphatic carbocycles. The lowest BCUT2D eigenvalue weighted by molar-refractivity contribution is -0.385. The molecule has 0 fully saturated rings. The molecule has 0 unspecified atom stereocenters. The van der Waals surface area contributed by atoms with Crippen LogP contribution in [0.5, 0.6) is 0 Å². The highest BCUT2D eigenvalue weighted by Crippen LogP contribution is 2.25. The molecule has 0 aliphatic rings. The molecule has 3 aromatic rings. The van der Waals surface area contributed by atoms with Gasteiger partial charge in [0.2, 0.25) is 5.89 Å². The molecule has 0 saturated heterocycles. The fourth-order valence-corrected chi connectivity index (χ4v) is 2.52. The smallest absolute Gasteiger partial charge is 0.347 e. The highest BCUT2D eigenvalue weighted by atomic mass is 79.9. The van der Waals surface area contributed by atoms with Gasteiger partial charge in [0.25, 0.3) is 5.69 Å². The number of aromatic nitrogens is 1. The quantitative estimate of drug-likeness (QED) is 0.511. The minimum atomic E-state index is -0.502. The third-order valence-electron chi connectivity index (χ3n) is 3.23. The Hall–Kier alpha value is -2.54. The summed E-state index contributed by atoms with van der Waals surface area (Å²) in [5.74, 6) is 0.137. The van der Waals surface area contributed by atoms with Crippen LogP contribution in [0, 0.1) is 17.0 Å². The Kier molecular flexibility index (Phi) is 3.50. The molecule has 0 spiro atoms. The molecule has 0 bridgehead atoms. The predicted octanol–water partition coefficient (Wildman–Crippen LogP) is 3.83. The van der Waals surface area contributed by atoms with Gasteiger partial charge in [-0.25, -0.2) is 9.78 Å². The van der Waals surface area contributed by atoms with E-state index in [9.17, 15) is 14.9 Å². The summed E-state index contributed by atoms with van der Waals surface area (Å²) in [6.07, 6.45) is 0. The Labute approximate surface area is 132 Å². The van der Waals surface area contributed by atoms with E-state index in [-0.39, 0.29) is 11.6 Å². The number of nitrogens with zero attached hydrogens (tertiary/aromatic N) is 2. The number of benzene rings is 2. The average Bonchev–Trinajstić information content (AvgIpc) is 2.47. The number of nitro benzene ring substituents is 1. The van der Waals surface area contributed by atoms with E-state index in [0.717, 1.165) is 4.47 Å². The van der Waals surface area contributed by atoms with Gasteiger partial charge in [-0.05, 0) is 37.3 Å². The van der Waals surface area contributed by atoms with Crippen molar-refractivity contribution in [2.45, 2.75) is 6.92 Å². The molecule has 22 heavy (non-hydrogen) atoms. The first kappa shape index (κ1) is 14.4. The summed E-state index contributed by atoms with van der Waals surface area (Å²) in [4.78, 5) is 26.7. The van der Waals surface area contributed by atoms with Crippen LogP contribution in [0.15, 0.2) is 50.1 Å². The molecule has 2 aromatic carbocycles. The van der Waals surface area contributed by atoms with Gasteiger partial charge in [0.1, 0.15) is 0 Å². The van der Waals surface area contributed by atoms with E-state index in [4.69, 9.17) is 4.42 Å². The minimum Gasteiger partial charge on any atom is -0.403 e. The third-order valence-corrected chi connectivity index (χ3v) is 3.72. The van der Waals surface area contributed by atoms with Crippen molar-refractivity contribution >= 4 is 32.5 Å². The van der Waals surface area contributed by atoms with Crippen molar-refractivity contribution in [3.8, 4) is 11.5 Å². The van der Waals surface area contributed by atoms with E-state index >= 15 is 0 Å². The number of hydrogen-bond acceptors (Lipinski definition) is 5. The first-order valence-corrected chi connectivity index (χ1v) is 7.11. The number of nitro groups is 1. The molecule has 3 rings (SSSR count). The molecule has 0 atom stereocenters. The van der Waals surface area contributed by atoms with Crippen LogP contribution in [0.4, 0.5) is 5.69 Å². The number of fused-ring (bicyclic) bond motifs is 1. The van der Waals surface area contributed by atoms with Crippen molar-refractivity contribution in [2.24, 2.45) is 0 Å². The van der Waals surface area contributed by atoms with E-state index < -0.39 is 10.5 Å². The lowest BCUT2D eigenvalue weighted by Crippen LogP contribution is -2.03. The lowest BCUT2D eigenvalue weighted by Gasteiger charge is -2.03. The van der Waals surface area contributed by atoms with Crippen LogP contribution in [0.25, 0.3) is 22.4 Å². The molecule has 0 saturated carbocycles. The maximum absolute atomic E-state index is 12.0. The Bertz CT molecular complexity index is 965. The van der Waals surface area contributed by atoms with Crippen LogP contribution in [-0.2, 0) is 0 Å². The van der Waals surface area contributed by atoms with Crippen LogP contribution >= 0.6 is 15.9 Å². The molecular weight excluding hydrogens is 352 g/mol. The zero-order valence-corrected chi connectivity index (χ0v) is 13.0. The largest absolute Gasteiger partial charge is 0.403 e. The third kappa shape index (κ3) is 2.50. The summed E-state index contributed by atoms with van der Waals surface area (Å²) < 4.78 is 5.99. The Morgan fingerprint density at radius 2 is 2.00 bits per heavy atom. The van der Waals surface area contributed by atoms with E-state index in [1.165, 1.54) is 12.1 Å². The summed E-state index contributed by atoms with van der Waals surface area (Å²) in [6, 6.07) is 9.59. The second-order valence-electron chi connectivity index (χ2n) is 4.73. The molecule has 1 heterocycles. The predicted molar refractivity (Wildman–Crippen MR) is 84.8 cm³/mol. The van der Waals surface area contributed by atoms with E-state index in [1.807, 2.05) is 0 Å². The van der Waals surface area contributed by atoms with Crippen LogP contribution in [-0.4, -0.2) is 9.91 Å². The van der Waals surface area contributed by atoms with Crippen molar-refractivity contribution < 1.29 is 9.34 Å². The summed E-state index contributed by atoms with van der Waals surface area (Å²) >= 11 is 3.29. The van der Waals surface area contributed by atoms with E-state index in [2.05, 4.69) is 20.9 Å². The molecule has 0 amide bonds. The monoisotopic (exact) mass is 360 g/mol. The van der Waals surface area contributed by atoms with Crippen molar-refractivity contribution in [3.05, 3.63) is 67.0 Å². The topological polar surface area (TPSA) is 86.2 Å². The van der Waals surface area contributed by atoms with Gasteiger partial charge in [-0.1, -0.05) is 15.9 Å². The molecule has 1 aromatic heterocycles. The molecule has 110 valence electrons. The Balaban J connectivity index is 2.18. The minimum absolute atomic E-state index is 0.0100. The fourth-order valence-electron chi connectivity index (χ4n) is 2.16. The first-order valence-electron chi connectivity index (χ1n) is 6.31. The van der Waals surface area contributed by atoms with E-state index in [1.54, 1.807) is 31.2 Å². The highest BCUT2D eigenvalue weighted by Gasteiger charge is 2.14. The van der Waals surface area contributed by atoms with Gasteiger partial charge in [-0.15, -0.1) is 0 Å². The van der Waals surface area contributed by atoms with Gasteiger partial charge in [0.05, 0.1) is 15.8 Å². The second-order valence-corrected chi connectivity index (χ2v) is 5.64. The van der Waals surface area contributed by atoms with Crippen molar-refractivity contribution in [1.29, 1.82) is 0 Å². The molecule has 7 heteroatoms. The van der Waals surface area contributed by atoms with Crippen LogP contribution in [0.3, 0.4) is 0 Å². The van der Waals surface area contributed by atoms with Gasteiger partial charge in [0, 0.05) is 21.7 Å². The molecule has 0 N–H and O–H groups in total. The van der Waals surface area contributed by atoms with Gasteiger partial charge < -0.3 is 4.42 Å². The lowest BCUT2D eigenvalue weighted by atomic mass is 10.1. The zero-order chi connectivity index (χ0) is 15.9. The van der Waals surface area contributed by atoms with E-state index in [0.29, 0.717) is 22.0 Å². The molecular formula is C15H9BrN2O4. The SMILES string of the molecule is Cc1cc(-c2nc3ccc(Br)cc3c(=O)o2)ccc1[N+](=O)[O-]. The van der Waals surface area contributed by atoms with Crippen molar-refractivity contribution in [1.82, 2.24) is 4.98 Å². The zero-order valence-electron chi connectivity index (χ0n) is 11.4. The first-order chi connectivity index (χ1) is 10.5. The Morgan fingerprint density at radius 1 is 1.23 bits per heavy atom.